The Kier molecular flexibility index (Phi) is 2.40. The molecular weight excluding hydrogens is 260 g/mol. The summed E-state index contributed by atoms with van der Waals surface area (Å²) in [5.41, 5.74) is 1.50. The van der Waals surface area contributed by atoms with Gasteiger partial charge in [-0.25, -0.2) is 8.42 Å². The number of hydrogen-bond donors (Lipinski definition) is 2. The Morgan fingerprint density at radius 2 is 1.94 bits per heavy atom. The van der Waals surface area contributed by atoms with Crippen LogP contribution in [0.25, 0.3) is 0 Å². The SMILES string of the molecule is O=S1(=O)Nc2ccc(Cl)cc2C12CCNCC2. The summed E-state index contributed by atoms with van der Waals surface area (Å²) < 4.78 is 26.5. The molecule has 0 atom stereocenters. The lowest BCUT2D eigenvalue weighted by molar-refractivity contribution is 0.402. The third-order valence-corrected chi connectivity index (χ3v) is 6.02. The van der Waals surface area contributed by atoms with Crippen molar-refractivity contribution in [1.29, 1.82) is 0 Å². The zero-order valence-corrected chi connectivity index (χ0v) is 10.7. The Labute approximate surface area is 105 Å². The van der Waals surface area contributed by atoms with Crippen LogP contribution in [0, 0.1) is 0 Å². The Hall–Kier alpha value is -0.780. The zero-order valence-electron chi connectivity index (χ0n) is 9.16. The van der Waals surface area contributed by atoms with E-state index in [9.17, 15) is 8.42 Å². The molecule has 1 aromatic rings. The van der Waals surface area contributed by atoms with Crippen molar-refractivity contribution >= 4 is 27.3 Å². The summed E-state index contributed by atoms with van der Waals surface area (Å²) in [6.07, 6.45) is 1.19. The van der Waals surface area contributed by atoms with Crippen LogP contribution < -0.4 is 10.0 Å². The highest BCUT2D eigenvalue weighted by Crippen LogP contribution is 2.48. The summed E-state index contributed by atoms with van der Waals surface area (Å²) in [5.74, 6) is 0. The molecule has 2 N–H and O–H groups in total. The predicted octanol–water partition coefficient (Wildman–Crippen LogP) is 1.67. The first-order valence-corrected chi connectivity index (χ1v) is 7.44. The van der Waals surface area contributed by atoms with E-state index >= 15 is 0 Å². The van der Waals surface area contributed by atoms with E-state index in [0.717, 1.165) is 5.56 Å². The van der Waals surface area contributed by atoms with Crippen LogP contribution in [0.4, 0.5) is 5.69 Å². The van der Waals surface area contributed by atoms with Gasteiger partial charge in [0.25, 0.3) is 0 Å². The molecule has 0 amide bonds. The van der Waals surface area contributed by atoms with E-state index in [1.807, 2.05) is 0 Å². The molecule has 4 nitrogen and oxygen atoms in total. The summed E-state index contributed by atoms with van der Waals surface area (Å²) in [7, 11) is -3.33. The van der Waals surface area contributed by atoms with E-state index in [2.05, 4.69) is 10.0 Å². The monoisotopic (exact) mass is 272 g/mol. The molecule has 1 fully saturated rings. The van der Waals surface area contributed by atoms with Crippen molar-refractivity contribution < 1.29 is 8.42 Å². The first-order chi connectivity index (χ1) is 8.05. The average molecular weight is 273 g/mol. The van der Waals surface area contributed by atoms with E-state index in [1.165, 1.54) is 0 Å². The minimum absolute atomic E-state index is 0.584. The molecule has 1 aromatic carbocycles. The quantitative estimate of drug-likeness (QED) is 0.755. The number of benzene rings is 1. The Morgan fingerprint density at radius 1 is 1.24 bits per heavy atom. The molecule has 92 valence electrons. The van der Waals surface area contributed by atoms with Gasteiger partial charge in [-0.1, -0.05) is 11.6 Å². The van der Waals surface area contributed by atoms with Gasteiger partial charge in [0.2, 0.25) is 10.0 Å². The fraction of sp³-hybridized carbons (Fsp3) is 0.455. The highest BCUT2D eigenvalue weighted by Gasteiger charge is 2.52. The van der Waals surface area contributed by atoms with Crippen LogP contribution in [0.2, 0.25) is 5.02 Å². The van der Waals surface area contributed by atoms with Gasteiger partial charge in [0.15, 0.2) is 0 Å². The van der Waals surface area contributed by atoms with Crippen LogP contribution >= 0.6 is 11.6 Å². The minimum atomic E-state index is -3.33. The molecule has 2 aliphatic rings. The third-order valence-electron chi connectivity index (χ3n) is 3.64. The number of halogens is 1. The van der Waals surface area contributed by atoms with Gasteiger partial charge in [-0.05, 0) is 44.1 Å². The second-order valence-electron chi connectivity index (χ2n) is 4.54. The standard InChI is InChI=1S/C11H13ClN2O2S/c12-8-1-2-10-9(7-8)11(17(15,16)14-10)3-5-13-6-4-11/h1-2,7,13-14H,3-6H2. The largest absolute Gasteiger partial charge is 0.317 e. The van der Waals surface area contributed by atoms with Crippen molar-refractivity contribution in [1.82, 2.24) is 5.32 Å². The molecule has 17 heavy (non-hydrogen) atoms. The van der Waals surface area contributed by atoms with Gasteiger partial charge in [-0.2, -0.15) is 0 Å². The molecule has 0 radical (unpaired) electrons. The highest BCUT2D eigenvalue weighted by molar-refractivity contribution is 7.94. The molecule has 2 heterocycles. The van der Waals surface area contributed by atoms with Crippen LogP contribution in [-0.4, -0.2) is 21.5 Å². The number of anilines is 1. The van der Waals surface area contributed by atoms with Gasteiger partial charge in [0.05, 0.1) is 5.69 Å². The zero-order chi connectivity index (χ0) is 12.1. The Morgan fingerprint density at radius 3 is 2.65 bits per heavy atom. The van der Waals surface area contributed by atoms with Gasteiger partial charge in [0.1, 0.15) is 4.75 Å². The number of hydrogen-bond acceptors (Lipinski definition) is 3. The lowest BCUT2D eigenvalue weighted by atomic mass is 9.88. The van der Waals surface area contributed by atoms with Gasteiger partial charge < -0.3 is 5.32 Å². The number of nitrogens with one attached hydrogen (secondary N) is 2. The first kappa shape index (κ1) is 11.3. The molecule has 3 rings (SSSR count). The molecule has 0 saturated carbocycles. The maximum absolute atomic E-state index is 12.3. The van der Waals surface area contributed by atoms with Crippen LogP contribution in [-0.2, 0) is 14.8 Å². The van der Waals surface area contributed by atoms with E-state index in [4.69, 9.17) is 11.6 Å². The Bertz CT molecular complexity index is 565. The fourth-order valence-corrected chi connectivity index (χ4v) is 4.77. The van der Waals surface area contributed by atoms with Crippen molar-refractivity contribution in [2.45, 2.75) is 17.6 Å². The van der Waals surface area contributed by atoms with Crippen LogP contribution in [0.3, 0.4) is 0 Å². The van der Waals surface area contributed by atoms with Gasteiger partial charge in [-0.15, -0.1) is 0 Å². The summed E-state index contributed by atoms with van der Waals surface area (Å²) in [6, 6.07) is 5.23. The molecule has 0 bridgehead atoms. The van der Waals surface area contributed by atoms with Crippen molar-refractivity contribution in [2.75, 3.05) is 17.8 Å². The lowest BCUT2D eigenvalue weighted by Crippen LogP contribution is -2.44. The van der Waals surface area contributed by atoms with Crippen LogP contribution in [0.5, 0.6) is 0 Å². The predicted molar refractivity (Wildman–Crippen MR) is 67.8 cm³/mol. The molecule has 2 aliphatic heterocycles. The normalized spacial score (nSPS) is 24.3. The van der Waals surface area contributed by atoms with Crippen molar-refractivity contribution in [2.24, 2.45) is 0 Å². The molecule has 0 unspecified atom stereocenters. The highest BCUT2D eigenvalue weighted by atomic mass is 35.5. The van der Waals surface area contributed by atoms with Crippen molar-refractivity contribution in [3.8, 4) is 0 Å². The first-order valence-electron chi connectivity index (χ1n) is 5.58. The van der Waals surface area contributed by atoms with Gasteiger partial charge in [0, 0.05) is 10.6 Å². The summed E-state index contributed by atoms with van der Waals surface area (Å²) in [4.78, 5) is 0. The topological polar surface area (TPSA) is 58.2 Å². The summed E-state index contributed by atoms with van der Waals surface area (Å²) in [5, 5.41) is 3.78. The molecule has 1 saturated heterocycles. The molecule has 0 aromatic heterocycles. The van der Waals surface area contributed by atoms with Crippen molar-refractivity contribution in [3.05, 3.63) is 28.8 Å². The molecule has 0 aliphatic carbocycles. The Balaban J connectivity index is 2.23. The molecule has 1 spiro atoms. The maximum Gasteiger partial charge on any atom is 0.242 e. The van der Waals surface area contributed by atoms with E-state index in [0.29, 0.717) is 36.6 Å². The smallest absolute Gasteiger partial charge is 0.242 e. The average Bonchev–Trinajstić information content (AvgIpc) is 2.50. The van der Waals surface area contributed by atoms with E-state index in [-0.39, 0.29) is 0 Å². The number of piperidine rings is 1. The van der Waals surface area contributed by atoms with Gasteiger partial charge >= 0.3 is 0 Å². The van der Waals surface area contributed by atoms with Crippen molar-refractivity contribution in [3.63, 3.8) is 0 Å². The third kappa shape index (κ3) is 1.49. The lowest BCUT2D eigenvalue weighted by Gasteiger charge is -2.32. The number of sulfonamides is 1. The second kappa shape index (κ2) is 3.60. The maximum atomic E-state index is 12.3. The second-order valence-corrected chi connectivity index (χ2v) is 6.97. The summed E-state index contributed by atoms with van der Waals surface area (Å²) in [6.45, 7) is 1.43. The van der Waals surface area contributed by atoms with Crippen LogP contribution in [0.15, 0.2) is 18.2 Å². The number of fused-ring (bicyclic) bond motifs is 2. The number of rotatable bonds is 0. The van der Waals surface area contributed by atoms with Crippen LogP contribution in [0.1, 0.15) is 18.4 Å². The molecule has 6 heteroatoms. The van der Waals surface area contributed by atoms with E-state index in [1.54, 1.807) is 18.2 Å². The molecular formula is C11H13ClN2O2S. The summed E-state index contributed by atoms with van der Waals surface area (Å²) >= 11 is 5.98. The van der Waals surface area contributed by atoms with E-state index < -0.39 is 14.8 Å². The minimum Gasteiger partial charge on any atom is -0.317 e. The van der Waals surface area contributed by atoms with Gasteiger partial charge in [-0.3, -0.25) is 4.72 Å². The fourth-order valence-electron chi connectivity index (χ4n) is 2.74.